The summed E-state index contributed by atoms with van der Waals surface area (Å²) < 4.78 is 11.0. The van der Waals surface area contributed by atoms with Crippen LogP contribution >= 0.6 is 0 Å². The molecule has 2 rings (SSSR count). The number of carbonyl (C=O) groups excluding carboxylic acids is 1. The summed E-state index contributed by atoms with van der Waals surface area (Å²) in [5.41, 5.74) is 0.426. The maximum absolute atomic E-state index is 12.5. The second-order valence-electron chi connectivity index (χ2n) is 7.56. The first-order chi connectivity index (χ1) is 10.1. The molecule has 22 heavy (non-hydrogen) atoms. The fourth-order valence-corrected chi connectivity index (χ4v) is 3.05. The summed E-state index contributed by atoms with van der Waals surface area (Å²) >= 11 is 0. The first-order valence-corrected chi connectivity index (χ1v) is 7.50. The molecule has 0 bridgehead atoms. The molecular weight excluding hydrogens is 278 g/mol. The van der Waals surface area contributed by atoms with Crippen LogP contribution in [0.5, 0.6) is 5.75 Å². The van der Waals surface area contributed by atoms with Crippen molar-refractivity contribution in [2.75, 3.05) is 7.11 Å². The van der Waals surface area contributed by atoms with Crippen molar-refractivity contribution >= 4 is 16.9 Å². The lowest BCUT2D eigenvalue weighted by Crippen LogP contribution is -2.45. The summed E-state index contributed by atoms with van der Waals surface area (Å²) in [6, 6.07) is 7.34. The quantitative estimate of drug-likeness (QED) is 0.911. The Morgan fingerprint density at radius 3 is 2.50 bits per heavy atom. The molecule has 120 valence electrons. The largest absolute Gasteiger partial charge is 0.493 e. The van der Waals surface area contributed by atoms with E-state index in [-0.39, 0.29) is 16.9 Å². The lowest BCUT2D eigenvalue weighted by molar-refractivity contribution is 0.0865. The fraction of sp³-hybridized carbons (Fsp3) is 0.500. The van der Waals surface area contributed by atoms with E-state index in [1.807, 2.05) is 32.0 Å². The van der Waals surface area contributed by atoms with Crippen LogP contribution in [0.15, 0.2) is 28.7 Å². The molecule has 1 amide bonds. The third-order valence-electron chi connectivity index (χ3n) is 3.38. The molecule has 0 atom stereocenters. The standard InChI is InChI=1S/C18H25NO3/c1-17(2,3)11-18(4,5)19-16(20)14-10-12-8-7-9-13(21-6)15(12)22-14/h7-10H,11H2,1-6H3,(H,19,20). The first kappa shape index (κ1) is 16.4. The Morgan fingerprint density at radius 2 is 1.91 bits per heavy atom. The van der Waals surface area contributed by atoms with Gasteiger partial charge in [-0.3, -0.25) is 4.79 Å². The van der Waals surface area contributed by atoms with Crippen LogP contribution in [-0.2, 0) is 0 Å². The van der Waals surface area contributed by atoms with Gasteiger partial charge in [-0.2, -0.15) is 0 Å². The van der Waals surface area contributed by atoms with Crippen LogP contribution in [0.4, 0.5) is 0 Å². The molecule has 0 aliphatic rings. The molecule has 0 radical (unpaired) electrons. The van der Waals surface area contributed by atoms with Gasteiger partial charge in [0.25, 0.3) is 5.91 Å². The zero-order chi connectivity index (χ0) is 16.5. The third-order valence-corrected chi connectivity index (χ3v) is 3.38. The third kappa shape index (κ3) is 3.81. The van der Waals surface area contributed by atoms with Crippen molar-refractivity contribution in [3.8, 4) is 5.75 Å². The molecule has 2 aromatic rings. The van der Waals surface area contributed by atoms with Crippen LogP contribution in [0, 0.1) is 5.41 Å². The van der Waals surface area contributed by atoms with Gasteiger partial charge in [-0.05, 0) is 37.8 Å². The van der Waals surface area contributed by atoms with Crippen LogP contribution in [0.1, 0.15) is 51.6 Å². The second-order valence-corrected chi connectivity index (χ2v) is 7.56. The van der Waals surface area contributed by atoms with E-state index in [2.05, 4.69) is 26.1 Å². The highest BCUT2D eigenvalue weighted by molar-refractivity contribution is 5.97. The Bertz CT molecular complexity index is 677. The molecule has 1 heterocycles. The molecular formula is C18H25NO3. The Balaban J connectivity index is 2.23. The normalized spacial score (nSPS) is 12.5. The molecule has 0 aliphatic carbocycles. The topological polar surface area (TPSA) is 51.5 Å². The number of benzene rings is 1. The molecule has 0 aliphatic heterocycles. The minimum Gasteiger partial charge on any atom is -0.493 e. The van der Waals surface area contributed by atoms with Gasteiger partial charge in [0.05, 0.1) is 7.11 Å². The number of rotatable bonds is 4. The van der Waals surface area contributed by atoms with Crippen LogP contribution in [0.2, 0.25) is 0 Å². The van der Waals surface area contributed by atoms with Crippen molar-refractivity contribution < 1.29 is 13.9 Å². The number of hydrogen-bond acceptors (Lipinski definition) is 3. The smallest absolute Gasteiger partial charge is 0.287 e. The lowest BCUT2D eigenvalue weighted by atomic mass is 9.82. The number of amides is 1. The average molecular weight is 303 g/mol. The van der Waals surface area contributed by atoms with E-state index in [9.17, 15) is 4.79 Å². The van der Waals surface area contributed by atoms with Crippen molar-refractivity contribution in [2.24, 2.45) is 5.41 Å². The van der Waals surface area contributed by atoms with Gasteiger partial charge in [0.15, 0.2) is 17.1 Å². The van der Waals surface area contributed by atoms with Gasteiger partial charge in [0.2, 0.25) is 0 Å². The van der Waals surface area contributed by atoms with Gasteiger partial charge in [0.1, 0.15) is 0 Å². The number of nitrogens with one attached hydrogen (secondary N) is 1. The van der Waals surface area contributed by atoms with Crippen molar-refractivity contribution in [1.29, 1.82) is 0 Å². The molecule has 4 nitrogen and oxygen atoms in total. The zero-order valence-corrected chi connectivity index (χ0v) is 14.2. The van der Waals surface area contributed by atoms with Crippen LogP contribution in [0.25, 0.3) is 11.0 Å². The van der Waals surface area contributed by atoms with Gasteiger partial charge in [0, 0.05) is 10.9 Å². The Labute approximate surface area is 131 Å². The molecule has 1 aromatic heterocycles. The highest BCUT2D eigenvalue weighted by atomic mass is 16.5. The van der Waals surface area contributed by atoms with E-state index in [1.54, 1.807) is 13.2 Å². The summed E-state index contributed by atoms with van der Waals surface area (Å²) in [4.78, 5) is 12.5. The van der Waals surface area contributed by atoms with Gasteiger partial charge < -0.3 is 14.5 Å². The monoisotopic (exact) mass is 303 g/mol. The molecule has 0 spiro atoms. The van der Waals surface area contributed by atoms with Crippen molar-refractivity contribution in [1.82, 2.24) is 5.32 Å². The highest BCUT2D eigenvalue weighted by Crippen LogP contribution is 2.30. The van der Waals surface area contributed by atoms with E-state index in [4.69, 9.17) is 9.15 Å². The fourth-order valence-electron chi connectivity index (χ4n) is 3.05. The minimum absolute atomic E-state index is 0.133. The number of furan rings is 1. The van der Waals surface area contributed by atoms with E-state index >= 15 is 0 Å². The summed E-state index contributed by atoms with van der Waals surface area (Å²) in [6.07, 6.45) is 0.870. The number of para-hydroxylation sites is 1. The minimum atomic E-state index is -0.307. The summed E-state index contributed by atoms with van der Waals surface area (Å²) in [5, 5.41) is 3.91. The number of ether oxygens (including phenoxy) is 1. The van der Waals surface area contributed by atoms with E-state index in [0.717, 1.165) is 11.8 Å². The van der Waals surface area contributed by atoms with Crippen LogP contribution < -0.4 is 10.1 Å². The maximum atomic E-state index is 12.5. The Morgan fingerprint density at radius 1 is 1.23 bits per heavy atom. The molecule has 0 saturated heterocycles. The highest BCUT2D eigenvalue weighted by Gasteiger charge is 2.28. The van der Waals surface area contributed by atoms with Crippen molar-refractivity contribution in [3.63, 3.8) is 0 Å². The van der Waals surface area contributed by atoms with E-state index < -0.39 is 0 Å². The zero-order valence-electron chi connectivity index (χ0n) is 14.2. The number of carbonyl (C=O) groups is 1. The molecule has 0 saturated carbocycles. The summed E-state index contributed by atoms with van der Waals surface area (Å²) in [7, 11) is 1.59. The average Bonchev–Trinajstić information content (AvgIpc) is 2.78. The number of hydrogen-bond donors (Lipinski definition) is 1. The molecule has 1 aromatic carbocycles. The number of methoxy groups -OCH3 is 1. The molecule has 0 unspecified atom stereocenters. The maximum Gasteiger partial charge on any atom is 0.287 e. The lowest BCUT2D eigenvalue weighted by Gasteiger charge is -2.33. The molecule has 4 heteroatoms. The van der Waals surface area contributed by atoms with E-state index in [1.165, 1.54) is 0 Å². The number of fused-ring (bicyclic) bond motifs is 1. The Hall–Kier alpha value is -1.97. The van der Waals surface area contributed by atoms with Gasteiger partial charge in [-0.15, -0.1) is 0 Å². The Kier molecular flexibility index (Phi) is 4.23. The second kappa shape index (κ2) is 5.67. The molecule has 1 N–H and O–H groups in total. The summed E-state index contributed by atoms with van der Waals surface area (Å²) in [5.74, 6) is 0.736. The first-order valence-electron chi connectivity index (χ1n) is 7.50. The van der Waals surface area contributed by atoms with E-state index in [0.29, 0.717) is 17.1 Å². The van der Waals surface area contributed by atoms with Gasteiger partial charge in [-0.1, -0.05) is 32.9 Å². The van der Waals surface area contributed by atoms with Crippen LogP contribution in [0.3, 0.4) is 0 Å². The summed E-state index contributed by atoms with van der Waals surface area (Å²) in [6.45, 7) is 10.5. The van der Waals surface area contributed by atoms with Crippen LogP contribution in [-0.4, -0.2) is 18.6 Å². The van der Waals surface area contributed by atoms with Gasteiger partial charge >= 0.3 is 0 Å². The molecule has 0 fully saturated rings. The van der Waals surface area contributed by atoms with Crippen molar-refractivity contribution in [2.45, 2.75) is 46.6 Å². The predicted octanol–water partition coefficient (Wildman–Crippen LogP) is 4.39. The van der Waals surface area contributed by atoms with Gasteiger partial charge in [-0.25, -0.2) is 0 Å². The van der Waals surface area contributed by atoms with Crippen molar-refractivity contribution in [3.05, 3.63) is 30.0 Å². The predicted molar refractivity (Wildman–Crippen MR) is 88.4 cm³/mol. The SMILES string of the molecule is COc1cccc2cc(C(=O)NC(C)(C)CC(C)(C)C)oc12.